The quantitative estimate of drug-likeness (QED) is 0.651. The topological polar surface area (TPSA) is 24.1 Å². The van der Waals surface area contributed by atoms with Gasteiger partial charge in [0.1, 0.15) is 0 Å². The molecule has 0 amide bonds. The zero-order chi connectivity index (χ0) is 20.3. The predicted molar refractivity (Wildman–Crippen MR) is 120 cm³/mol. The summed E-state index contributed by atoms with van der Waals surface area (Å²) in [7, 11) is 4.31. The van der Waals surface area contributed by atoms with Crippen molar-refractivity contribution in [1.82, 2.24) is 10.6 Å². The Morgan fingerprint density at radius 2 is 1.68 bits per heavy atom. The lowest BCUT2D eigenvalue weighted by molar-refractivity contribution is 0.00109. The second-order valence-corrected chi connectivity index (χ2v) is 11.6. The average Bonchev–Trinajstić information content (AvgIpc) is 2.80. The van der Waals surface area contributed by atoms with E-state index in [0.29, 0.717) is 28.3 Å². The maximum atomic E-state index is 3.64. The summed E-state index contributed by atoms with van der Waals surface area (Å²) in [4.78, 5) is 0. The van der Waals surface area contributed by atoms with Crippen molar-refractivity contribution in [3.05, 3.63) is 23.3 Å². The highest BCUT2D eigenvalue weighted by Crippen LogP contribution is 2.67. The molecule has 158 valence electrons. The van der Waals surface area contributed by atoms with E-state index in [2.05, 4.69) is 71.5 Å². The van der Waals surface area contributed by atoms with E-state index in [4.69, 9.17) is 0 Å². The molecule has 28 heavy (non-hydrogen) atoms. The number of hydrogen-bond acceptors (Lipinski definition) is 2. The Labute approximate surface area is 174 Å². The summed E-state index contributed by atoms with van der Waals surface area (Å²) < 4.78 is 0. The van der Waals surface area contributed by atoms with Crippen molar-refractivity contribution >= 4 is 0 Å². The maximum Gasteiger partial charge on any atom is 0.0124 e. The van der Waals surface area contributed by atoms with Gasteiger partial charge in [0, 0.05) is 12.1 Å². The number of fused-ring (bicyclic) bond motifs is 4. The molecule has 2 saturated carbocycles. The van der Waals surface area contributed by atoms with E-state index in [9.17, 15) is 0 Å². The summed E-state index contributed by atoms with van der Waals surface area (Å²) in [6, 6.07) is 1.26. The van der Waals surface area contributed by atoms with E-state index in [1.165, 1.54) is 44.9 Å². The highest BCUT2D eigenvalue weighted by atomic mass is 14.9. The molecular formula is C26H44N2. The van der Waals surface area contributed by atoms with Gasteiger partial charge >= 0.3 is 0 Å². The highest BCUT2D eigenvalue weighted by molar-refractivity contribution is 5.37. The van der Waals surface area contributed by atoms with E-state index >= 15 is 0 Å². The number of allylic oxidation sites excluding steroid dienone is 4. The van der Waals surface area contributed by atoms with Crippen LogP contribution in [0.1, 0.15) is 79.6 Å². The smallest absolute Gasteiger partial charge is 0.0124 e. The zero-order valence-electron chi connectivity index (χ0n) is 19.5. The van der Waals surface area contributed by atoms with Crippen LogP contribution in [0.25, 0.3) is 0 Å². The molecule has 2 nitrogen and oxygen atoms in total. The molecule has 7 atom stereocenters. The van der Waals surface area contributed by atoms with E-state index in [1.807, 2.05) is 0 Å². The summed E-state index contributed by atoms with van der Waals surface area (Å²) >= 11 is 0. The molecule has 0 bridgehead atoms. The first-order chi connectivity index (χ1) is 13.2. The fourth-order valence-electron chi connectivity index (χ4n) is 8.30. The molecule has 2 fully saturated rings. The van der Waals surface area contributed by atoms with Crippen LogP contribution >= 0.6 is 0 Å². The largest absolute Gasteiger partial charge is 0.317 e. The van der Waals surface area contributed by atoms with Crippen molar-refractivity contribution in [2.24, 2.45) is 34.0 Å². The molecule has 0 unspecified atom stereocenters. The van der Waals surface area contributed by atoms with Crippen molar-refractivity contribution in [3.63, 3.8) is 0 Å². The van der Waals surface area contributed by atoms with Gasteiger partial charge in [-0.1, -0.05) is 45.4 Å². The van der Waals surface area contributed by atoms with Crippen LogP contribution in [0.3, 0.4) is 0 Å². The van der Waals surface area contributed by atoms with Gasteiger partial charge in [0.25, 0.3) is 0 Å². The molecule has 4 aliphatic rings. The highest BCUT2D eigenvalue weighted by Gasteiger charge is 2.60. The molecule has 0 aromatic carbocycles. The summed E-state index contributed by atoms with van der Waals surface area (Å²) in [5.74, 6) is 2.29. The molecule has 4 rings (SSSR count). The van der Waals surface area contributed by atoms with Crippen LogP contribution in [0.15, 0.2) is 23.3 Å². The van der Waals surface area contributed by atoms with E-state index in [0.717, 1.165) is 17.8 Å². The lowest BCUT2D eigenvalue weighted by Crippen LogP contribution is -2.49. The molecule has 0 aromatic rings. The molecule has 0 heterocycles. The summed E-state index contributed by atoms with van der Waals surface area (Å²) in [5.41, 5.74) is 4.70. The van der Waals surface area contributed by atoms with Gasteiger partial charge in [-0.05, 0) is 106 Å². The van der Waals surface area contributed by atoms with Crippen molar-refractivity contribution in [3.8, 4) is 0 Å². The van der Waals surface area contributed by atoms with Crippen LogP contribution < -0.4 is 10.6 Å². The molecule has 2 N–H and O–H groups in total. The molecule has 0 radical (unpaired) electrons. The lowest BCUT2D eigenvalue weighted by atomic mass is 9.51. The molecular weight excluding hydrogens is 340 g/mol. The molecule has 0 spiro atoms. The Kier molecular flexibility index (Phi) is 5.15. The first kappa shape index (κ1) is 20.7. The van der Waals surface area contributed by atoms with Crippen molar-refractivity contribution in [2.75, 3.05) is 14.1 Å². The minimum absolute atomic E-state index is 0.357. The summed E-state index contributed by atoms with van der Waals surface area (Å²) in [6.07, 6.45) is 14.7. The fourth-order valence-corrected chi connectivity index (χ4v) is 8.30. The number of rotatable bonds is 3. The third-order valence-corrected chi connectivity index (χ3v) is 10.5. The Hall–Kier alpha value is -0.600. The third-order valence-electron chi connectivity index (χ3n) is 10.5. The SMILES string of the molecule is CN[C@H]1CCC2=CC3=CC[C@]4(C)[C@@H]([C@@H](C)NC)CC[C@@]4(C)[C@@H]3CC[C@H]2C1(C)C. The molecule has 4 aliphatic carbocycles. The van der Waals surface area contributed by atoms with Crippen LogP contribution in [0, 0.1) is 34.0 Å². The second kappa shape index (κ2) is 6.98. The van der Waals surface area contributed by atoms with Gasteiger partial charge in [0.2, 0.25) is 0 Å². The van der Waals surface area contributed by atoms with Gasteiger partial charge in [0.05, 0.1) is 0 Å². The van der Waals surface area contributed by atoms with Crippen LogP contribution in [-0.2, 0) is 0 Å². The minimum Gasteiger partial charge on any atom is -0.317 e. The average molecular weight is 385 g/mol. The molecule has 0 saturated heterocycles. The third kappa shape index (κ3) is 2.73. The Morgan fingerprint density at radius 3 is 2.36 bits per heavy atom. The fraction of sp³-hybridized carbons (Fsp3) is 0.846. The van der Waals surface area contributed by atoms with Crippen molar-refractivity contribution in [2.45, 2.75) is 91.6 Å². The van der Waals surface area contributed by atoms with Crippen molar-refractivity contribution < 1.29 is 0 Å². The maximum absolute atomic E-state index is 3.64. The Bertz CT molecular complexity index is 674. The first-order valence-electron chi connectivity index (χ1n) is 11.9. The van der Waals surface area contributed by atoms with Crippen LogP contribution in [-0.4, -0.2) is 26.2 Å². The van der Waals surface area contributed by atoms with Gasteiger partial charge in [-0.15, -0.1) is 0 Å². The molecule has 0 aliphatic heterocycles. The van der Waals surface area contributed by atoms with Crippen LogP contribution in [0.5, 0.6) is 0 Å². The number of hydrogen-bond donors (Lipinski definition) is 2. The number of nitrogens with one attached hydrogen (secondary N) is 2. The van der Waals surface area contributed by atoms with E-state index in [-0.39, 0.29) is 0 Å². The van der Waals surface area contributed by atoms with Crippen LogP contribution in [0.2, 0.25) is 0 Å². The summed E-state index contributed by atoms with van der Waals surface area (Å²) in [6.45, 7) is 12.7. The van der Waals surface area contributed by atoms with Gasteiger partial charge in [0.15, 0.2) is 0 Å². The minimum atomic E-state index is 0.357. The Morgan fingerprint density at radius 1 is 0.964 bits per heavy atom. The zero-order valence-corrected chi connectivity index (χ0v) is 19.5. The standard InChI is InChI=1S/C26H44N2/c1-17(27-6)20-13-15-26(5)22-10-9-21-18(8-11-23(28-7)24(21,2)3)16-19(22)12-14-25(20,26)4/h12,16-17,20-23,27-28H,8-11,13-15H2,1-7H3/t17-,20-,21-,22-,23+,25-,26+/m1/s1. The van der Waals surface area contributed by atoms with Crippen LogP contribution in [0.4, 0.5) is 0 Å². The first-order valence-corrected chi connectivity index (χ1v) is 11.9. The predicted octanol–water partition coefficient (Wildman–Crippen LogP) is 5.71. The van der Waals surface area contributed by atoms with Gasteiger partial charge < -0.3 is 10.6 Å². The van der Waals surface area contributed by atoms with Gasteiger partial charge in [-0.3, -0.25) is 0 Å². The Balaban J connectivity index is 1.68. The van der Waals surface area contributed by atoms with E-state index in [1.54, 1.807) is 11.1 Å². The normalized spacial score (nSPS) is 45.8. The monoisotopic (exact) mass is 384 g/mol. The van der Waals surface area contributed by atoms with Gasteiger partial charge in [-0.2, -0.15) is 0 Å². The van der Waals surface area contributed by atoms with E-state index < -0.39 is 0 Å². The van der Waals surface area contributed by atoms with Crippen molar-refractivity contribution in [1.29, 1.82) is 0 Å². The van der Waals surface area contributed by atoms with Gasteiger partial charge in [-0.25, -0.2) is 0 Å². The molecule has 0 aromatic heterocycles. The molecule has 2 heteroatoms. The lowest BCUT2D eigenvalue weighted by Gasteiger charge is -2.53. The second-order valence-electron chi connectivity index (χ2n) is 11.6. The summed E-state index contributed by atoms with van der Waals surface area (Å²) in [5, 5.41) is 7.23.